The smallest absolute Gasteiger partial charge is 0.178 e. The highest BCUT2D eigenvalue weighted by molar-refractivity contribution is 6.42. The molecule has 1 aromatic carbocycles. The maximum Gasteiger partial charge on any atom is 0.178 e. The third-order valence-electron chi connectivity index (χ3n) is 2.70. The number of allylic oxidation sites excluding steroid dienone is 2. The lowest BCUT2D eigenvalue weighted by atomic mass is 10.1. The second-order valence-electron chi connectivity index (χ2n) is 3.85. The van der Waals surface area contributed by atoms with Gasteiger partial charge in [0.2, 0.25) is 0 Å². The number of benzene rings is 1. The van der Waals surface area contributed by atoms with Crippen LogP contribution in [-0.4, -0.2) is 6.29 Å². The highest BCUT2D eigenvalue weighted by Crippen LogP contribution is 2.49. The number of halogens is 3. The van der Waals surface area contributed by atoms with Gasteiger partial charge >= 0.3 is 0 Å². The van der Waals surface area contributed by atoms with Gasteiger partial charge in [-0.15, -0.1) is 0 Å². The number of aldehydes is 1. The van der Waals surface area contributed by atoms with E-state index in [0.29, 0.717) is 10.0 Å². The molecule has 0 bridgehead atoms. The fourth-order valence-corrected chi connectivity index (χ4v) is 2.08. The van der Waals surface area contributed by atoms with Crippen molar-refractivity contribution in [2.75, 3.05) is 0 Å². The Kier molecular flexibility index (Phi) is 3.31. The Labute approximate surface area is 103 Å². The molecule has 0 amide bonds. The maximum atomic E-state index is 12.7. The van der Waals surface area contributed by atoms with Crippen LogP contribution in [0.3, 0.4) is 0 Å². The summed E-state index contributed by atoms with van der Waals surface area (Å²) < 4.78 is 12.7. The van der Waals surface area contributed by atoms with Crippen LogP contribution in [0.2, 0.25) is 10.0 Å². The lowest BCUT2D eigenvalue weighted by molar-refractivity contribution is -0.106. The first-order valence-corrected chi connectivity index (χ1v) is 5.65. The molecule has 0 heterocycles. The predicted octanol–water partition coefficient (Wildman–Crippen LogP) is 4.15. The topological polar surface area (TPSA) is 17.1 Å². The normalized spacial score (nSPS) is 24.3. The van der Waals surface area contributed by atoms with Gasteiger partial charge in [-0.1, -0.05) is 29.3 Å². The highest BCUT2D eigenvalue weighted by Gasteiger charge is 2.37. The van der Waals surface area contributed by atoms with Crippen molar-refractivity contribution in [3.63, 3.8) is 0 Å². The minimum absolute atomic E-state index is 0.0995. The Morgan fingerprint density at radius 1 is 1.38 bits per heavy atom. The first-order chi connectivity index (χ1) is 7.61. The predicted molar refractivity (Wildman–Crippen MR) is 62.6 cm³/mol. The fourth-order valence-electron chi connectivity index (χ4n) is 1.77. The summed E-state index contributed by atoms with van der Waals surface area (Å²) in [6.07, 6.45) is 2.43. The van der Waals surface area contributed by atoms with Gasteiger partial charge in [0.15, 0.2) is 12.1 Å². The number of hydrogen-bond acceptors (Lipinski definition) is 1. The van der Waals surface area contributed by atoms with Crippen LogP contribution in [0.1, 0.15) is 17.9 Å². The Balaban J connectivity index is 2.11. The van der Waals surface area contributed by atoms with E-state index >= 15 is 0 Å². The Morgan fingerprint density at radius 2 is 2.12 bits per heavy atom. The van der Waals surface area contributed by atoms with Gasteiger partial charge in [-0.2, -0.15) is 0 Å². The van der Waals surface area contributed by atoms with Crippen LogP contribution in [0.4, 0.5) is 4.39 Å². The molecule has 4 heteroatoms. The molecule has 84 valence electrons. The number of rotatable bonds is 3. The van der Waals surface area contributed by atoms with Crippen LogP contribution in [0.15, 0.2) is 30.1 Å². The standard InChI is InChI=1S/C12H9Cl2FO/c13-11-2-1-7(5-12(11)14)10-4-8(10)3-9(15)6-16/h1-3,5-6,8,10H,4H2/b9-3+. The summed E-state index contributed by atoms with van der Waals surface area (Å²) in [7, 11) is 0. The molecule has 2 atom stereocenters. The molecule has 2 unspecified atom stereocenters. The molecular weight excluding hydrogens is 250 g/mol. The van der Waals surface area contributed by atoms with E-state index in [1.807, 2.05) is 6.07 Å². The summed E-state index contributed by atoms with van der Waals surface area (Å²) in [4.78, 5) is 10.1. The van der Waals surface area contributed by atoms with Crippen molar-refractivity contribution < 1.29 is 9.18 Å². The molecule has 0 aromatic heterocycles. The summed E-state index contributed by atoms with van der Waals surface area (Å²) in [5.41, 5.74) is 1.04. The van der Waals surface area contributed by atoms with Crippen molar-refractivity contribution in [1.29, 1.82) is 0 Å². The molecule has 1 saturated carbocycles. The maximum absolute atomic E-state index is 12.7. The van der Waals surface area contributed by atoms with E-state index < -0.39 is 5.83 Å². The molecular formula is C12H9Cl2FO. The number of carbonyl (C=O) groups is 1. The Bertz CT molecular complexity index is 456. The van der Waals surface area contributed by atoms with Gasteiger partial charge in [0.25, 0.3) is 0 Å². The molecule has 0 aliphatic heterocycles. The second kappa shape index (κ2) is 4.56. The van der Waals surface area contributed by atoms with E-state index in [4.69, 9.17) is 23.2 Å². The van der Waals surface area contributed by atoms with Crippen LogP contribution < -0.4 is 0 Å². The van der Waals surface area contributed by atoms with E-state index in [9.17, 15) is 9.18 Å². The van der Waals surface area contributed by atoms with Crippen LogP contribution in [-0.2, 0) is 4.79 Å². The van der Waals surface area contributed by atoms with Gasteiger partial charge in [0, 0.05) is 0 Å². The molecule has 1 nitrogen and oxygen atoms in total. The molecule has 16 heavy (non-hydrogen) atoms. The van der Waals surface area contributed by atoms with E-state index in [-0.39, 0.29) is 18.1 Å². The largest absolute Gasteiger partial charge is 0.295 e. The van der Waals surface area contributed by atoms with Gasteiger partial charge in [-0.25, -0.2) is 4.39 Å². The molecule has 1 aromatic rings. The van der Waals surface area contributed by atoms with Gasteiger partial charge in [0.1, 0.15) is 0 Å². The Hall–Kier alpha value is -0.860. The molecule has 0 saturated heterocycles. The lowest BCUT2D eigenvalue weighted by Crippen LogP contribution is -1.83. The van der Waals surface area contributed by atoms with Gasteiger partial charge in [-0.05, 0) is 42.0 Å². The van der Waals surface area contributed by atoms with Crippen LogP contribution >= 0.6 is 23.2 Å². The zero-order valence-electron chi connectivity index (χ0n) is 8.29. The number of carbonyl (C=O) groups excluding carboxylic acids is 1. The summed E-state index contributed by atoms with van der Waals surface area (Å²) in [6, 6.07) is 5.40. The summed E-state index contributed by atoms with van der Waals surface area (Å²) in [5, 5.41) is 1.02. The Morgan fingerprint density at radius 3 is 2.75 bits per heavy atom. The molecule has 0 spiro atoms. The quantitative estimate of drug-likeness (QED) is 0.588. The second-order valence-corrected chi connectivity index (χ2v) is 4.66. The summed E-state index contributed by atoms with van der Waals surface area (Å²) in [6.45, 7) is 0. The van der Waals surface area contributed by atoms with Gasteiger partial charge in [-0.3, -0.25) is 4.79 Å². The first-order valence-electron chi connectivity index (χ1n) is 4.89. The molecule has 1 aliphatic rings. The van der Waals surface area contributed by atoms with E-state index in [2.05, 4.69) is 0 Å². The number of hydrogen-bond donors (Lipinski definition) is 0. The third kappa shape index (κ3) is 2.45. The fraction of sp³-hybridized carbons (Fsp3) is 0.250. The average Bonchev–Trinajstić information content (AvgIpc) is 3.01. The zero-order valence-corrected chi connectivity index (χ0v) is 9.80. The molecule has 1 fully saturated rings. The highest BCUT2D eigenvalue weighted by atomic mass is 35.5. The third-order valence-corrected chi connectivity index (χ3v) is 3.44. The van der Waals surface area contributed by atoms with Crippen LogP contribution in [0, 0.1) is 5.92 Å². The van der Waals surface area contributed by atoms with Gasteiger partial charge < -0.3 is 0 Å². The van der Waals surface area contributed by atoms with Gasteiger partial charge in [0.05, 0.1) is 10.0 Å². The minimum Gasteiger partial charge on any atom is -0.295 e. The van der Waals surface area contributed by atoms with Crippen molar-refractivity contribution in [1.82, 2.24) is 0 Å². The summed E-state index contributed by atoms with van der Waals surface area (Å²) >= 11 is 11.7. The van der Waals surface area contributed by atoms with E-state index in [1.165, 1.54) is 6.08 Å². The molecule has 1 aliphatic carbocycles. The van der Waals surface area contributed by atoms with Crippen molar-refractivity contribution in [2.24, 2.45) is 5.92 Å². The minimum atomic E-state index is -0.701. The molecule has 2 rings (SSSR count). The van der Waals surface area contributed by atoms with Crippen LogP contribution in [0.25, 0.3) is 0 Å². The van der Waals surface area contributed by atoms with Crippen molar-refractivity contribution in [3.05, 3.63) is 45.7 Å². The lowest BCUT2D eigenvalue weighted by Gasteiger charge is -2.00. The van der Waals surface area contributed by atoms with Crippen molar-refractivity contribution >= 4 is 29.5 Å². The van der Waals surface area contributed by atoms with E-state index in [1.54, 1.807) is 12.1 Å². The summed E-state index contributed by atoms with van der Waals surface area (Å²) in [5.74, 6) is -0.351. The first kappa shape index (κ1) is 11.6. The monoisotopic (exact) mass is 258 g/mol. The molecule has 0 radical (unpaired) electrons. The average molecular weight is 259 g/mol. The van der Waals surface area contributed by atoms with Crippen molar-refractivity contribution in [3.8, 4) is 0 Å². The zero-order chi connectivity index (χ0) is 11.7. The molecule has 0 N–H and O–H groups in total. The van der Waals surface area contributed by atoms with E-state index in [0.717, 1.165) is 12.0 Å². The van der Waals surface area contributed by atoms with Crippen LogP contribution in [0.5, 0.6) is 0 Å². The SMILES string of the molecule is O=C/C(F)=C\C1CC1c1ccc(Cl)c(Cl)c1. The van der Waals surface area contributed by atoms with Crippen molar-refractivity contribution in [2.45, 2.75) is 12.3 Å².